The number of anilines is 1. The van der Waals surface area contributed by atoms with E-state index in [2.05, 4.69) is 15.4 Å². The van der Waals surface area contributed by atoms with Gasteiger partial charge in [-0.25, -0.2) is 4.68 Å². The Morgan fingerprint density at radius 2 is 1.88 bits per heavy atom. The fraction of sp³-hybridized carbons (Fsp3) is 0.0500. The molecule has 0 atom stereocenters. The lowest BCUT2D eigenvalue weighted by atomic mass is 10.1. The van der Waals surface area contributed by atoms with Crippen molar-refractivity contribution in [3.05, 3.63) is 89.0 Å². The zero-order valence-corrected chi connectivity index (χ0v) is 13.8. The number of rotatable bonds is 4. The van der Waals surface area contributed by atoms with Gasteiger partial charge >= 0.3 is 0 Å². The van der Waals surface area contributed by atoms with Crippen LogP contribution in [0.5, 0.6) is 0 Å². The average Bonchev–Trinajstić information content (AvgIpc) is 3.17. The molecule has 4 rings (SSSR count). The summed E-state index contributed by atoms with van der Waals surface area (Å²) in [4.78, 5) is 27.3. The Morgan fingerprint density at radius 3 is 2.65 bits per heavy atom. The first-order valence-electron chi connectivity index (χ1n) is 8.20. The largest absolute Gasteiger partial charge is 0.326 e. The van der Waals surface area contributed by atoms with Crippen LogP contribution in [0.15, 0.2) is 77.9 Å². The van der Waals surface area contributed by atoms with Gasteiger partial charge in [0.2, 0.25) is 5.91 Å². The maximum absolute atomic E-state index is 12.3. The third-order valence-corrected chi connectivity index (χ3v) is 4.10. The molecule has 2 N–H and O–H groups in total. The summed E-state index contributed by atoms with van der Waals surface area (Å²) in [5.74, 6) is -0.238. The molecule has 128 valence electrons. The second kappa shape index (κ2) is 6.68. The molecule has 0 fully saturated rings. The van der Waals surface area contributed by atoms with Crippen LogP contribution in [0.2, 0.25) is 0 Å². The Balaban J connectivity index is 1.49. The number of aromatic amines is 1. The van der Waals surface area contributed by atoms with Gasteiger partial charge in [-0.15, -0.1) is 0 Å². The number of amides is 1. The van der Waals surface area contributed by atoms with Gasteiger partial charge < -0.3 is 10.3 Å². The summed E-state index contributed by atoms with van der Waals surface area (Å²) >= 11 is 0. The van der Waals surface area contributed by atoms with Crippen molar-refractivity contribution in [2.24, 2.45) is 0 Å². The van der Waals surface area contributed by atoms with Crippen molar-refractivity contribution in [1.29, 1.82) is 0 Å². The van der Waals surface area contributed by atoms with Gasteiger partial charge in [-0.05, 0) is 47.9 Å². The molecule has 0 unspecified atom stereocenters. The molecule has 0 bridgehead atoms. The smallest absolute Gasteiger partial charge is 0.252 e. The molecule has 2 aromatic carbocycles. The third kappa shape index (κ3) is 3.25. The van der Waals surface area contributed by atoms with Crippen molar-refractivity contribution < 1.29 is 4.79 Å². The molecule has 6 nitrogen and oxygen atoms in total. The number of hydrogen-bond donors (Lipinski definition) is 2. The quantitative estimate of drug-likeness (QED) is 0.597. The molecule has 2 heterocycles. The molecular formula is C20H16N4O2. The number of pyridine rings is 1. The highest BCUT2D eigenvalue weighted by atomic mass is 16.2. The van der Waals surface area contributed by atoms with E-state index in [0.717, 1.165) is 16.6 Å². The van der Waals surface area contributed by atoms with Crippen LogP contribution in [-0.2, 0) is 11.2 Å². The van der Waals surface area contributed by atoms with Crippen LogP contribution in [-0.4, -0.2) is 20.7 Å². The minimum atomic E-state index is -0.243. The van der Waals surface area contributed by atoms with Crippen molar-refractivity contribution in [2.45, 2.75) is 6.42 Å². The number of fused-ring (bicyclic) bond motifs is 1. The number of H-pyrrole nitrogens is 1. The summed E-state index contributed by atoms with van der Waals surface area (Å²) in [6, 6.07) is 18.4. The van der Waals surface area contributed by atoms with Crippen LogP contribution in [0.3, 0.4) is 0 Å². The standard InChI is InChI=1S/C20H16N4O2/c25-19(13-15-12-14-4-1-2-5-18(14)23-20(15)26)22-16-6-8-17(9-7-16)24-11-3-10-21-24/h1-12H,13H2,(H,22,25)(H,23,26). The number of carbonyl (C=O) groups excluding carboxylic acids is 1. The normalized spacial score (nSPS) is 10.8. The molecule has 2 aromatic heterocycles. The maximum Gasteiger partial charge on any atom is 0.252 e. The molecule has 0 saturated heterocycles. The van der Waals surface area contributed by atoms with E-state index in [4.69, 9.17) is 0 Å². The molecule has 6 heteroatoms. The third-order valence-electron chi connectivity index (χ3n) is 4.10. The summed E-state index contributed by atoms with van der Waals surface area (Å²) in [7, 11) is 0. The Morgan fingerprint density at radius 1 is 1.08 bits per heavy atom. The van der Waals surface area contributed by atoms with E-state index in [9.17, 15) is 9.59 Å². The highest BCUT2D eigenvalue weighted by Gasteiger charge is 2.09. The van der Waals surface area contributed by atoms with Crippen LogP contribution in [0.1, 0.15) is 5.56 Å². The molecule has 0 saturated carbocycles. The van der Waals surface area contributed by atoms with E-state index in [1.165, 1.54) is 0 Å². The Hall–Kier alpha value is -3.67. The van der Waals surface area contributed by atoms with Crippen molar-refractivity contribution in [3.8, 4) is 5.69 Å². The van der Waals surface area contributed by atoms with Gasteiger partial charge in [-0.2, -0.15) is 5.10 Å². The van der Waals surface area contributed by atoms with E-state index in [0.29, 0.717) is 11.3 Å². The lowest BCUT2D eigenvalue weighted by molar-refractivity contribution is -0.115. The first-order valence-corrected chi connectivity index (χ1v) is 8.20. The molecule has 1 amide bonds. The van der Waals surface area contributed by atoms with E-state index in [1.54, 1.807) is 29.1 Å². The summed E-state index contributed by atoms with van der Waals surface area (Å²) in [5.41, 5.74) is 2.53. The average molecular weight is 344 g/mol. The lowest BCUT2D eigenvalue weighted by Gasteiger charge is -2.07. The monoisotopic (exact) mass is 344 g/mol. The topological polar surface area (TPSA) is 79.8 Å². The Bertz CT molecular complexity index is 1110. The van der Waals surface area contributed by atoms with E-state index in [-0.39, 0.29) is 17.9 Å². The summed E-state index contributed by atoms with van der Waals surface area (Å²) < 4.78 is 1.74. The van der Waals surface area contributed by atoms with E-state index >= 15 is 0 Å². The van der Waals surface area contributed by atoms with E-state index in [1.807, 2.05) is 48.7 Å². The highest BCUT2D eigenvalue weighted by Crippen LogP contribution is 2.14. The second-order valence-corrected chi connectivity index (χ2v) is 5.93. The number of para-hydroxylation sites is 1. The van der Waals surface area contributed by atoms with Gasteiger partial charge in [0.1, 0.15) is 0 Å². The summed E-state index contributed by atoms with van der Waals surface area (Å²) in [5, 5.41) is 7.88. The van der Waals surface area contributed by atoms with Crippen LogP contribution in [0, 0.1) is 0 Å². The zero-order chi connectivity index (χ0) is 17.9. The number of nitrogens with one attached hydrogen (secondary N) is 2. The summed E-state index contributed by atoms with van der Waals surface area (Å²) in [6.07, 6.45) is 3.57. The first-order chi connectivity index (χ1) is 12.7. The van der Waals surface area contributed by atoms with Crippen molar-refractivity contribution in [2.75, 3.05) is 5.32 Å². The fourth-order valence-electron chi connectivity index (χ4n) is 2.82. The minimum Gasteiger partial charge on any atom is -0.326 e. The number of aromatic nitrogens is 3. The number of benzene rings is 2. The molecule has 0 radical (unpaired) electrons. The highest BCUT2D eigenvalue weighted by molar-refractivity contribution is 5.93. The van der Waals surface area contributed by atoms with Crippen LogP contribution >= 0.6 is 0 Å². The Labute approximate surface area is 149 Å². The zero-order valence-electron chi connectivity index (χ0n) is 13.8. The van der Waals surface area contributed by atoms with E-state index < -0.39 is 0 Å². The van der Waals surface area contributed by atoms with Crippen molar-refractivity contribution >= 4 is 22.5 Å². The van der Waals surface area contributed by atoms with Gasteiger partial charge in [0.15, 0.2) is 0 Å². The molecule has 4 aromatic rings. The molecule has 0 aliphatic heterocycles. The fourth-order valence-corrected chi connectivity index (χ4v) is 2.82. The molecule has 0 spiro atoms. The van der Waals surface area contributed by atoms with Crippen molar-refractivity contribution in [1.82, 2.24) is 14.8 Å². The van der Waals surface area contributed by atoms with Gasteiger partial charge in [0.05, 0.1) is 12.1 Å². The molecule has 0 aliphatic carbocycles. The van der Waals surface area contributed by atoms with Crippen LogP contribution in [0.25, 0.3) is 16.6 Å². The van der Waals surface area contributed by atoms with Gasteiger partial charge in [0, 0.05) is 29.2 Å². The van der Waals surface area contributed by atoms with Gasteiger partial charge in [-0.3, -0.25) is 9.59 Å². The predicted molar refractivity (Wildman–Crippen MR) is 100 cm³/mol. The molecular weight excluding hydrogens is 328 g/mol. The SMILES string of the molecule is O=C(Cc1cc2ccccc2[nH]c1=O)Nc1ccc(-n2cccn2)cc1. The van der Waals surface area contributed by atoms with Crippen LogP contribution < -0.4 is 10.9 Å². The molecule has 0 aliphatic rings. The van der Waals surface area contributed by atoms with Crippen LogP contribution in [0.4, 0.5) is 5.69 Å². The summed E-state index contributed by atoms with van der Waals surface area (Å²) in [6.45, 7) is 0. The minimum absolute atomic E-state index is 0.0150. The second-order valence-electron chi connectivity index (χ2n) is 5.93. The first kappa shape index (κ1) is 15.8. The molecule has 26 heavy (non-hydrogen) atoms. The number of hydrogen-bond acceptors (Lipinski definition) is 3. The van der Waals surface area contributed by atoms with Gasteiger partial charge in [0.25, 0.3) is 5.56 Å². The van der Waals surface area contributed by atoms with Crippen molar-refractivity contribution in [3.63, 3.8) is 0 Å². The van der Waals surface area contributed by atoms with Gasteiger partial charge in [-0.1, -0.05) is 18.2 Å². The Kier molecular flexibility index (Phi) is 4.07. The maximum atomic E-state index is 12.3. The number of nitrogens with zero attached hydrogens (tertiary/aromatic N) is 2. The lowest BCUT2D eigenvalue weighted by Crippen LogP contribution is -2.21. The number of carbonyl (C=O) groups is 1. The predicted octanol–water partition coefficient (Wildman–Crippen LogP) is 2.90.